The molecule has 0 spiro atoms. The third-order valence-corrected chi connectivity index (χ3v) is 3.40. The number of aromatic carboxylic acids is 1. The Hall–Kier alpha value is -3.52. The lowest BCUT2D eigenvalue weighted by molar-refractivity contribution is 0.0694. The van der Waals surface area contributed by atoms with E-state index >= 15 is 0 Å². The second-order valence-corrected chi connectivity index (χ2v) is 5.00. The summed E-state index contributed by atoms with van der Waals surface area (Å²) in [5, 5.41) is 19.9. The van der Waals surface area contributed by atoms with Crippen LogP contribution in [0.2, 0.25) is 0 Å². The normalized spacial score (nSPS) is 10.2. The molecule has 3 aromatic carbocycles. The summed E-state index contributed by atoms with van der Waals surface area (Å²) in [5.41, 5.74) is 6.74. The first-order chi connectivity index (χ1) is 11.1. The van der Waals surface area contributed by atoms with Gasteiger partial charge in [-0.3, -0.25) is 0 Å². The Kier molecular flexibility index (Phi) is 3.57. The largest absolute Gasteiger partial charge is 0.478 e. The van der Waals surface area contributed by atoms with E-state index in [1.54, 1.807) is 24.3 Å². The second-order valence-electron chi connectivity index (χ2n) is 5.00. The Morgan fingerprint density at radius 3 is 2.52 bits per heavy atom. The Bertz CT molecular complexity index is 958. The van der Waals surface area contributed by atoms with Gasteiger partial charge in [-0.2, -0.15) is 5.26 Å². The topological polar surface area (TPSA) is 96.3 Å². The summed E-state index contributed by atoms with van der Waals surface area (Å²) in [7, 11) is 0. The fourth-order valence-electron chi connectivity index (χ4n) is 2.28. The number of nitriles is 1. The second kappa shape index (κ2) is 5.70. The number of carboxylic acid groups (broad SMARTS) is 1. The Balaban J connectivity index is 2.01. The lowest BCUT2D eigenvalue weighted by atomic mass is 10.1. The molecule has 0 aliphatic rings. The van der Waals surface area contributed by atoms with E-state index in [0.29, 0.717) is 17.0 Å². The maximum absolute atomic E-state index is 11.3. The van der Waals surface area contributed by atoms with Crippen molar-refractivity contribution in [1.82, 2.24) is 0 Å². The smallest absolute Gasteiger partial charge is 0.339 e. The molecule has 0 aliphatic carbocycles. The van der Waals surface area contributed by atoms with Crippen molar-refractivity contribution in [1.29, 1.82) is 5.26 Å². The third kappa shape index (κ3) is 2.92. The number of hydrogen-bond acceptors (Lipinski definition) is 4. The summed E-state index contributed by atoms with van der Waals surface area (Å²) in [6.07, 6.45) is 0. The number of rotatable bonds is 3. The van der Waals surface area contributed by atoms with Gasteiger partial charge in [-0.1, -0.05) is 12.1 Å². The highest BCUT2D eigenvalue weighted by molar-refractivity contribution is 5.92. The first-order valence-corrected chi connectivity index (χ1v) is 6.81. The van der Waals surface area contributed by atoms with Gasteiger partial charge in [-0.25, -0.2) is 4.79 Å². The van der Waals surface area contributed by atoms with Crippen LogP contribution in [0.4, 0.5) is 5.69 Å². The average molecular weight is 304 g/mol. The number of carbonyl (C=O) groups is 1. The molecule has 3 aromatic rings. The van der Waals surface area contributed by atoms with Crippen molar-refractivity contribution < 1.29 is 14.6 Å². The summed E-state index contributed by atoms with van der Waals surface area (Å²) in [6.45, 7) is 0. The van der Waals surface area contributed by atoms with Gasteiger partial charge in [-0.15, -0.1) is 0 Å². The SMILES string of the molecule is N#Cc1ccc2cc(Oc3cc(N)ccc3C(=O)O)ccc2c1. The fraction of sp³-hybridized carbons (Fsp3) is 0. The number of nitrogen functional groups attached to an aromatic ring is 1. The molecule has 0 atom stereocenters. The van der Waals surface area contributed by atoms with Gasteiger partial charge in [0.15, 0.2) is 0 Å². The number of anilines is 1. The summed E-state index contributed by atoms with van der Waals surface area (Å²) < 4.78 is 5.69. The molecule has 0 bridgehead atoms. The molecule has 0 aliphatic heterocycles. The van der Waals surface area contributed by atoms with Crippen LogP contribution < -0.4 is 10.5 Å². The zero-order chi connectivity index (χ0) is 16.4. The van der Waals surface area contributed by atoms with E-state index in [4.69, 9.17) is 15.7 Å². The van der Waals surface area contributed by atoms with Crippen LogP contribution in [0.5, 0.6) is 11.5 Å². The molecular formula is C18H12N2O3. The van der Waals surface area contributed by atoms with Crippen LogP contribution in [-0.4, -0.2) is 11.1 Å². The molecule has 3 N–H and O–H groups in total. The van der Waals surface area contributed by atoms with Crippen LogP contribution in [-0.2, 0) is 0 Å². The van der Waals surface area contributed by atoms with Crippen molar-refractivity contribution in [3.05, 3.63) is 65.7 Å². The highest BCUT2D eigenvalue weighted by Crippen LogP contribution is 2.30. The number of benzene rings is 3. The molecule has 112 valence electrons. The molecule has 0 radical (unpaired) electrons. The molecular weight excluding hydrogens is 292 g/mol. The first kappa shape index (κ1) is 14.4. The van der Waals surface area contributed by atoms with E-state index in [1.165, 1.54) is 18.2 Å². The predicted molar refractivity (Wildman–Crippen MR) is 86.6 cm³/mol. The molecule has 3 rings (SSSR count). The van der Waals surface area contributed by atoms with Crippen LogP contribution in [0.15, 0.2) is 54.6 Å². The molecule has 0 unspecified atom stereocenters. The zero-order valence-corrected chi connectivity index (χ0v) is 12.0. The molecule has 5 nitrogen and oxygen atoms in total. The summed E-state index contributed by atoms with van der Waals surface area (Å²) in [4.78, 5) is 11.3. The summed E-state index contributed by atoms with van der Waals surface area (Å²) in [5.74, 6) is -0.403. The Labute approximate surface area is 132 Å². The van der Waals surface area contributed by atoms with Gasteiger partial charge >= 0.3 is 5.97 Å². The van der Waals surface area contributed by atoms with Gasteiger partial charge in [0.05, 0.1) is 11.6 Å². The van der Waals surface area contributed by atoms with Gasteiger partial charge in [0.25, 0.3) is 0 Å². The van der Waals surface area contributed by atoms with Gasteiger partial charge in [-0.05, 0) is 47.2 Å². The van der Waals surface area contributed by atoms with Crippen LogP contribution in [0.1, 0.15) is 15.9 Å². The van der Waals surface area contributed by atoms with Crippen LogP contribution in [0, 0.1) is 11.3 Å². The lowest BCUT2D eigenvalue weighted by Crippen LogP contribution is -2.01. The van der Waals surface area contributed by atoms with Crippen LogP contribution >= 0.6 is 0 Å². The van der Waals surface area contributed by atoms with Crippen molar-refractivity contribution in [2.24, 2.45) is 0 Å². The molecule has 0 aromatic heterocycles. The maximum atomic E-state index is 11.3. The minimum atomic E-state index is -1.08. The van der Waals surface area contributed by atoms with Crippen molar-refractivity contribution in [3.63, 3.8) is 0 Å². The van der Waals surface area contributed by atoms with Crippen LogP contribution in [0.25, 0.3) is 10.8 Å². The standard InChI is InChI=1S/C18H12N2O3/c19-10-11-1-2-13-8-15(5-3-12(13)7-11)23-17-9-14(20)4-6-16(17)18(21)22/h1-9H,20H2,(H,21,22). The quantitative estimate of drug-likeness (QED) is 0.718. The van der Waals surface area contributed by atoms with Crippen molar-refractivity contribution in [2.75, 3.05) is 5.73 Å². The molecule has 0 fully saturated rings. The molecule has 0 saturated heterocycles. The molecule has 5 heteroatoms. The highest BCUT2D eigenvalue weighted by atomic mass is 16.5. The van der Waals surface area contributed by atoms with Crippen LogP contribution in [0.3, 0.4) is 0 Å². The Morgan fingerprint density at radius 1 is 1.04 bits per heavy atom. The van der Waals surface area contributed by atoms with E-state index in [9.17, 15) is 9.90 Å². The molecule has 23 heavy (non-hydrogen) atoms. The fourth-order valence-corrected chi connectivity index (χ4v) is 2.28. The van der Waals surface area contributed by atoms with E-state index in [1.807, 2.05) is 12.1 Å². The molecule has 0 amide bonds. The van der Waals surface area contributed by atoms with Crippen molar-refractivity contribution >= 4 is 22.4 Å². The maximum Gasteiger partial charge on any atom is 0.339 e. The Morgan fingerprint density at radius 2 is 1.78 bits per heavy atom. The number of fused-ring (bicyclic) bond motifs is 1. The number of nitrogens with zero attached hydrogens (tertiary/aromatic N) is 1. The van der Waals surface area contributed by atoms with E-state index in [-0.39, 0.29) is 11.3 Å². The monoisotopic (exact) mass is 304 g/mol. The van der Waals surface area contributed by atoms with E-state index in [2.05, 4.69) is 6.07 Å². The summed E-state index contributed by atoms with van der Waals surface area (Å²) >= 11 is 0. The molecule has 0 saturated carbocycles. The molecule has 0 heterocycles. The van der Waals surface area contributed by atoms with Gasteiger partial charge in [0, 0.05) is 11.8 Å². The van der Waals surface area contributed by atoms with Crippen molar-refractivity contribution in [2.45, 2.75) is 0 Å². The minimum absolute atomic E-state index is 0.0409. The zero-order valence-electron chi connectivity index (χ0n) is 12.0. The predicted octanol–water partition coefficient (Wildman–Crippen LogP) is 3.78. The van der Waals surface area contributed by atoms with E-state index in [0.717, 1.165) is 10.8 Å². The first-order valence-electron chi connectivity index (χ1n) is 6.81. The van der Waals surface area contributed by atoms with E-state index < -0.39 is 5.97 Å². The summed E-state index contributed by atoms with van der Waals surface area (Å²) in [6, 6.07) is 17.1. The van der Waals surface area contributed by atoms with Crippen molar-refractivity contribution in [3.8, 4) is 17.6 Å². The number of carboxylic acids is 1. The number of ether oxygens (including phenoxy) is 1. The van der Waals surface area contributed by atoms with Gasteiger partial charge < -0.3 is 15.6 Å². The lowest BCUT2D eigenvalue weighted by Gasteiger charge is -2.10. The van der Waals surface area contributed by atoms with Gasteiger partial charge in [0.1, 0.15) is 17.1 Å². The minimum Gasteiger partial charge on any atom is -0.478 e. The average Bonchev–Trinajstić information content (AvgIpc) is 2.54. The third-order valence-electron chi connectivity index (χ3n) is 3.40. The number of hydrogen-bond donors (Lipinski definition) is 2. The highest BCUT2D eigenvalue weighted by Gasteiger charge is 2.12. The number of nitrogens with two attached hydrogens (primary N) is 1. The van der Waals surface area contributed by atoms with Gasteiger partial charge in [0.2, 0.25) is 0 Å².